The number of esters is 1. The van der Waals surface area contributed by atoms with Gasteiger partial charge in [-0.25, -0.2) is 4.98 Å². The maximum absolute atomic E-state index is 14.0. The van der Waals surface area contributed by atoms with Crippen LogP contribution in [0.1, 0.15) is 95.2 Å². The molecule has 9 heteroatoms. The van der Waals surface area contributed by atoms with Crippen LogP contribution in [0.3, 0.4) is 0 Å². The maximum Gasteiger partial charge on any atom is 0.305 e. The van der Waals surface area contributed by atoms with E-state index in [1.165, 1.54) is 44.9 Å². The van der Waals surface area contributed by atoms with Gasteiger partial charge in [-0.1, -0.05) is 74.9 Å². The highest BCUT2D eigenvalue weighted by Crippen LogP contribution is 2.34. The number of thioether (sulfide) groups is 1. The lowest BCUT2D eigenvalue weighted by atomic mass is 9.96. The fourth-order valence-corrected chi connectivity index (χ4v) is 7.89. The predicted octanol–water partition coefficient (Wildman–Crippen LogP) is 5.77. The Labute approximate surface area is 260 Å². The molecule has 43 heavy (non-hydrogen) atoms. The first-order valence-electron chi connectivity index (χ1n) is 16.6. The van der Waals surface area contributed by atoms with E-state index in [9.17, 15) is 14.4 Å². The van der Waals surface area contributed by atoms with Crippen LogP contribution in [0.25, 0.3) is 5.69 Å². The summed E-state index contributed by atoms with van der Waals surface area (Å²) < 4.78 is 6.77. The minimum absolute atomic E-state index is 0.0230. The van der Waals surface area contributed by atoms with Crippen molar-refractivity contribution in [3.05, 3.63) is 51.9 Å². The number of unbranched alkanes of at least 4 members (excludes halogenated alkanes) is 5. The van der Waals surface area contributed by atoms with Crippen LogP contribution in [0, 0.1) is 5.92 Å². The normalized spacial score (nSPS) is 17.8. The molecule has 1 saturated heterocycles. The average Bonchev–Trinajstić information content (AvgIpc) is 3.00. The number of para-hydroxylation sites is 1. The topological polar surface area (TPSA) is 84.7 Å². The molecule has 2 fully saturated rings. The summed E-state index contributed by atoms with van der Waals surface area (Å²) in [4.78, 5) is 48.2. The van der Waals surface area contributed by atoms with Crippen molar-refractivity contribution in [2.75, 3.05) is 32.8 Å². The number of amides is 1. The van der Waals surface area contributed by atoms with Crippen LogP contribution >= 0.6 is 11.8 Å². The molecule has 5 rings (SSSR count). The highest BCUT2D eigenvalue weighted by Gasteiger charge is 2.37. The Kier molecular flexibility index (Phi) is 11.7. The standard InChI is InChI=1S/C34H48N4O4S/c1-2-42-31(39)19-13-5-3-4-6-14-21-36-23-26(24-36)32(40)37-22-20-30-29(25-37)33(41)38(27-15-9-7-10-16-27)34(35-30)43-28-17-11-8-12-18-28/h7,9-10,15-16,26,28H,2-6,8,11-14,17-25H2,1H3. The Morgan fingerprint density at radius 3 is 2.44 bits per heavy atom. The summed E-state index contributed by atoms with van der Waals surface area (Å²) in [6.07, 6.45) is 13.9. The minimum Gasteiger partial charge on any atom is -0.466 e. The lowest BCUT2D eigenvalue weighted by Gasteiger charge is -2.41. The zero-order chi connectivity index (χ0) is 30.0. The van der Waals surface area contributed by atoms with E-state index in [4.69, 9.17) is 9.72 Å². The number of hydrogen-bond donors (Lipinski definition) is 0. The molecule has 0 spiro atoms. The number of fused-ring (bicyclic) bond motifs is 1. The average molecular weight is 609 g/mol. The van der Waals surface area contributed by atoms with Crippen molar-refractivity contribution in [2.45, 2.75) is 107 Å². The second-order valence-electron chi connectivity index (χ2n) is 12.3. The van der Waals surface area contributed by atoms with Gasteiger partial charge in [0, 0.05) is 37.7 Å². The zero-order valence-corrected chi connectivity index (χ0v) is 26.6. The van der Waals surface area contributed by atoms with Crippen LogP contribution < -0.4 is 5.56 Å². The van der Waals surface area contributed by atoms with Gasteiger partial charge in [0.05, 0.1) is 36.0 Å². The summed E-state index contributed by atoms with van der Waals surface area (Å²) in [6.45, 7) is 5.94. The summed E-state index contributed by atoms with van der Waals surface area (Å²) in [7, 11) is 0. The second kappa shape index (κ2) is 15.9. The molecule has 3 heterocycles. The van der Waals surface area contributed by atoms with Gasteiger partial charge >= 0.3 is 5.97 Å². The molecule has 1 aromatic heterocycles. The molecule has 234 valence electrons. The molecule has 0 N–H and O–H groups in total. The quantitative estimate of drug-likeness (QED) is 0.153. The van der Waals surface area contributed by atoms with E-state index in [0.29, 0.717) is 43.4 Å². The molecule has 1 aliphatic carbocycles. The number of hydrogen-bond acceptors (Lipinski definition) is 7. The van der Waals surface area contributed by atoms with E-state index in [1.54, 1.807) is 16.3 Å². The molecular formula is C34H48N4O4S. The first-order valence-corrected chi connectivity index (χ1v) is 17.4. The van der Waals surface area contributed by atoms with Gasteiger partial charge in [0.2, 0.25) is 5.91 Å². The number of carbonyl (C=O) groups excluding carboxylic acids is 2. The Morgan fingerprint density at radius 2 is 1.70 bits per heavy atom. The molecule has 8 nitrogen and oxygen atoms in total. The van der Waals surface area contributed by atoms with Gasteiger partial charge in [-0.3, -0.25) is 19.0 Å². The lowest BCUT2D eigenvalue weighted by molar-refractivity contribution is -0.143. The number of benzene rings is 1. The van der Waals surface area contributed by atoms with Crippen molar-refractivity contribution < 1.29 is 14.3 Å². The zero-order valence-electron chi connectivity index (χ0n) is 25.8. The monoisotopic (exact) mass is 608 g/mol. The third-order valence-corrected chi connectivity index (χ3v) is 10.4. The minimum atomic E-state index is -0.0859. The van der Waals surface area contributed by atoms with Crippen LogP contribution in [-0.4, -0.2) is 69.3 Å². The number of likely N-dealkylation sites (tertiary alicyclic amines) is 1. The van der Waals surface area contributed by atoms with Crippen molar-refractivity contribution in [3.63, 3.8) is 0 Å². The first kappa shape index (κ1) is 31.8. The molecule has 0 radical (unpaired) electrons. The van der Waals surface area contributed by atoms with Crippen molar-refractivity contribution in [3.8, 4) is 5.69 Å². The van der Waals surface area contributed by atoms with Crippen LogP contribution in [0.15, 0.2) is 40.3 Å². The van der Waals surface area contributed by atoms with E-state index in [1.807, 2.05) is 42.2 Å². The van der Waals surface area contributed by atoms with Crippen molar-refractivity contribution >= 4 is 23.6 Å². The third kappa shape index (κ3) is 8.50. The number of ether oxygens (including phenoxy) is 1. The van der Waals surface area contributed by atoms with Crippen LogP contribution in [-0.2, 0) is 27.3 Å². The van der Waals surface area contributed by atoms with Crippen LogP contribution in [0.4, 0.5) is 0 Å². The Bertz CT molecular complexity index is 1270. The summed E-state index contributed by atoms with van der Waals surface area (Å²) in [5.41, 5.74) is 2.37. The van der Waals surface area contributed by atoms with E-state index in [2.05, 4.69) is 4.90 Å². The molecule has 1 aromatic carbocycles. The van der Waals surface area contributed by atoms with Gasteiger partial charge < -0.3 is 14.5 Å². The number of rotatable bonds is 14. The molecular weight excluding hydrogens is 560 g/mol. The SMILES string of the molecule is CCOC(=O)CCCCCCCCN1CC(C(=O)N2CCc3nc(SC4CCCCC4)n(-c4ccccc4)c(=O)c3C2)C1. The molecule has 0 bridgehead atoms. The second-order valence-corrected chi connectivity index (χ2v) is 13.6. The van der Waals surface area contributed by atoms with Crippen molar-refractivity contribution in [1.82, 2.24) is 19.4 Å². The van der Waals surface area contributed by atoms with E-state index >= 15 is 0 Å². The smallest absolute Gasteiger partial charge is 0.305 e. The number of carbonyl (C=O) groups is 2. The van der Waals surface area contributed by atoms with E-state index < -0.39 is 0 Å². The van der Waals surface area contributed by atoms with Gasteiger partial charge in [0.15, 0.2) is 5.16 Å². The Balaban J connectivity index is 1.11. The third-order valence-electron chi connectivity index (χ3n) is 9.07. The van der Waals surface area contributed by atoms with Gasteiger partial charge in [0.1, 0.15) is 0 Å². The highest BCUT2D eigenvalue weighted by molar-refractivity contribution is 7.99. The van der Waals surface area contributed by atoms with E-state index in [-0.39, 0.29) is 23.4 Å². The Morgan fingerprint density at radius 1 is 0.977 bits per heavy atom. The first-order chi connectivity index (χ1) is 21.0. The van der Waals surface area contributed by atoms with Crippen LogP contribution in [0.2, 0.25) is 0 Å². The molecule has 1 amide bonds. The Hall–Kier alpha value is -2.65. The largest absolute Gasteiger partial charge is 0.466 e. The number of nitrogens with zero attached hydrogens (tertiary/aromatic N) is 4. The number of aromatic nitrogens is 2. The molecule has 3 aliphatic rings. The maximum atomic E-state index is 14.0. The van der Waals surface area contributed by atoms with Gasteiger partial charge in [-0.2, -0.15) is 0 Å². The molecule has 0 unspecified atom stereocenters. The summed E-state index contributed by atoms with van der Waals surface area (Å²) in [6, 6.07) is 9.84. The van der Waals surface area contributed by atoms with Crippen LogP contribution in [0.5, 0.6) is 0 Å². The summed E-state index contributed by atoms with van der Waals surface area (Å²) in [5.74, 6) is 0.113. The molecule has 2 aromatic rings. The summed E-state index contributed by atoms with van der Waals surface area (Å²) >= 11 is 1.76. The van der Waals surface area contributed by atoms with Crippen molar-refractivity contribution in [1.29, 1.82) is 0 Å². The highest BCUT2D eigenvalue weighted by atomic mass is 32.2. The fraction of sp³-hybridized carbons (Fsp3) is 0.647. The van der Waals surface area contributed by atoms with E-state index in [0.717, 1.165) is 61.9 Å². The predicted molar refractivity (Wildman–Crippen MR) is 171 cm³/mol. The van der Waals surface area contributed by atoms with Crippen molar-refractivity contribution in [2.24, 2.45) is 5.92 Å². The molecule has 0 atom stereocenters. The molecule has 2 aliphatic heterocycles. The van der Waals surface area contributed by atoms with Gasteiger partial charge in [-0.15, -0.1) is 0 Å². The molecule has 1 saturated carbocycles. The van der Waals surface area contributed by atoms with Gasteiger partial charge in [-0.05, 0) is 51.3 Å². The fourth-order valence-electron chi connectivity index (χ4n) is 6.57. The summed E-state index contributed by atoms with van der Waals surface area (Å²) in [5, 5.41) is 1.30. The lowest BCUT2D eigenvalue weighted by Crippen LogP contribution is -2.55. The van der Waals surface area contributed by atoms with Gasteiger partial charge in [0.25, 0.3) is 5.56 Å².